The number of piperazine rings is 1. The monoisotopic (exact) mass is 283 g/mol. The van der Waals surface area contributed by atoms with Gasteiger partial charge in [-0.05, 0) is 25.3 Å². The van der Waals surface area contributed by atoms with E-state index in [1.54, 1.807) is 0 Å². The average molecular weight is 283 g/mol. The Bertz CT molecular complexity index is 354. The van der Waals surface area contributed by atoms with Crippen molar-refractivity contribution in [2.45, 2.75) is 25.7 Å². The number of carboxylic acid groups (broad SMARTS) is 1. The summed E-state index contributed by atoms with van der Waals surface area (Å²) >= 11 is 0. The quantitative estimate of drug-likeness (QED) is 0.740. The molecule has 2 rings (SSSR count). The van der Waals surface area contributed by atoms with Crippen LogP contribution >= 0.6 is 0 Å². The summed E-state index contributed by atoms with van der Waals surface area (Å²) in [6, 6.07) is 0. The molecule has 6 heteroatoms. The van der Waals surface area contributed by atoms with Crippen LogP contribution < -0.4 is 5.73 Å². The van der Waals surface area contributed by atoms with E-state index in [0.717, 1.165) is 32.4 Å². The van der Waals surface area contributed by atoms with Crippen LogP contribution in [0.2, 0.25) is 0 Å². The first kappa shape index (κ1) is 15.3. The van der Waals surface area contributed by atoms with Crippen molar-refractivity contribution in [1.29, 1.82) is 0 Å². The van der Waals surface area contributed by atoms with Gasteiger partial charge in [0.05, 0.1) is 6.42 Å². The third kappa shape index (κ3) is 3.70. The molecule has 6 nitrogen and oxygen atoms in total. The number of carboxylic acids is 1. The van der Waals surface area contributed by atoms with Crippen LogP contribution in [0.4, 0.5) is 0 Å². The minimum atomic E-state index is -0.764. The third-order valence-corrected chi connectivity index (χ3v) is 4.60. The summed E-state index contributed by atoms with van der Waals surface area (Å²) in [5.41, 5.74) is 5.75. The first-order valence-electron chi connectivity index (χ1n) is 7.55. The molecule has 20 heavy (non-hydrogen) atoms. The van der Waals surface area contributed by atoms with E-state index in [9.17, 15) is 9.59 Å². The van der Waals surface area contributed by atoms with Crippen LogP contribution in [-0.2, 0) is 9.59 Å². The van der Waals surface area contributed by atoms with Gasteiger partial charge in [-0.3, -0.25) is 14.5 Å². The van der Waals surface area contributed by atoms with Crippen molar-refractivity contribution in [3.63, 3.8) is 0 Å². The van der Waals surface area contributed by atoms with Crippen molar-refractivity contribution in [2.24, 2.45) is 17.6 Å². The van der Waals surface area contributed by atoms with Crippen LogP contribution in [0.1, 0.15) is 25.7 Å². The second-order valence-electron chi connectivity index (χ2n) is 5.84. The Kier molecular flexibility index (Phi) is 5.37. The molecule has 1 aliphatic carbocycles. The number of nitrogens with two attached hydrogens (primary N) is 1. The number of amides is 1. The number of hydrogen-bond acceptors (Lipinski definition) is 4. The predicted molar refractivity (Wildman–Crippen MR) is 75.2 cm³/mol. The van der Waals surface area contributed by atoms with Crippen molar-refractivity contribution in [3.8, 4) is 0 Å². The van der Waals surface area contributed by atoms with E-state index in [4.69, 9.17) is 10.8 Å². The largest absolute Gasteiger partial charge is 0.481 e. The standard InChI is InChI=1S/C14H25N3O3/c15-10-11-2-1-3-12(11)14(20)17-8-6-16(7-9-17)5-4-13(18)19/h11-12H,1-10,15H2,(H,18,19). The molecule has 1 amide bonds. The summed E-state index contributed by atoms with van der Waals surface area (Å²) in [6.45, 7) is 4.16. The summed E-state index contributed by atoms with van der Waals surface area (Å²) in [5.74, 6) is -0.0332. The summed E-state index contributed by atoms with van der Waals surface area (Å²) < 4.78 is 0. The number of aliphatic carboxylic acids is 1. The zero-order chi connectivity index (χ0) is 14.5. The molecule has 0 aromatic rings. The molecule has 3 N–H and O–H groups in total. The first-order chi connectivity index (χ1) is 9.61. The third-order valence-electron chi connectivity index (χ3n) is 4.60. The van der Waals surface area contributed by atoms with Crippen molar-refractivity contribution < 1.29 is 14.7 Å². The zero-order valence-corrected chi connectivity index (χ0v) is 12.0. The van der Waals surface area contributed by atoms with E-state index in [1.165, 1.54) is 0 Å². The average Bonchev–Trinajstić information content (AvgIpc) is 2.93. The lowest BCUT2D eigenvalue weighted by atomic mass is 9.94. The molecule has 0 aromatic heterocycles. The van der Waals surface area contributed by atoms with Crippen LogP contribution in [0.25, 0.3) is 0 Å². The van der Waals surface area contributed by atoms with Crippen LogP contribution in [0.15, 0.2) is 0 Å². The van der Waals surface area contributed by atoms with Gasteiger partial charge in [-0.1, -0.05) is 6.42 Å². The number of rotatable bonds is 5. The van der Waals surface area contributed by atoms with Gasteiger partial charge in [-0.25, -0.2) is 0 Å². The first-order valence-corrected chi connectivity index (χ1v) is 7.55. The van der Waals surface area contributed by atoms with E-state index in [2.05, 4.69) is 4.90 Å². The van der Waals surface area contributed by atoms with Gasteiger partial charge in [0.15, 0.2) is 0 Å². The van der Waals surface area contributed by atoms with Crippen LogP contribution in [0.5, 0.6) is 0 Å². The van der Waals surface area contributed by atoms with Gasteiger partial charge in [-0.15, -0.1) is 0 Å². The summed E-state index contributed by atoms with van der Waals surface area (Å²) in [6.07, 6.45) is 3.33. The maximum absolute atomic E-state index is 12.5. The smallest absolute Gasteiger partial charge is 0.304 e. The molecule has 2 atom stereocenters. The highest BCUT2D eigenvalue weighted by Crippen LogP contribution is 2.32. The van der Waals surface area contributed by atoms with Gasteiger partial charge in [0.25, 0.3) is 0 Å². The molecule has 0 spiro atoms. The maximum atomic E-state index is 12.5. The van der Waals surface area contributed by atoms with Gasteiger partial charge >= 0.3 is 5.97 Å². The minimum absolute atomic E-state index is 0.116. The highest BCUT2D eigenvalue weighted by atomic mass is 16.4. The van der Waals surface area contributed by atoms with E-state index in [1.807, 2.05) is 4.90 Å². The highest BCUT2D eigenvalue weighted by Gasteiger charge is 2.35. The zero-order valence-electron chi connectivity index (χ0n) is 12.0. The molecular weight excluding hydrogens is 258 g/mol. The Morgan fingerprint density at radius 2 is 1.85 bits per heavy atom. The molecule has 114 valence electrons. The molecule has 1 aliphatic heterocycles. The van der Waals surface area contributed by atoms with E-state index in [0.29, 0.717) is 32.1 Å². The molecule has 0 radical (unpaired) electrons. The second kappa shape index (κ2) is 7.04. The molecular formula is C14H25N3O3. The SMILES string of the molecule is NCC1CCCC1C(=O)N1CCN(CCC(=O)O)CC1. The summed E-state index contributed by atoms with van der Waals surface area (Å²) in [4.78, 5) is 27.1. The molecule has 2 unspecified atom stereocenters. The Morgan fingerprint density at radius 3 is 2.45 bits per heavy atom. The fourth-order valence-electron chi connectivity index (χ4n) is 3.32. The molecule has 0 bridgehead atoms. The number of carbonyl (C=O) groups is 2. The van der Waals surface area contributed by atoms with Gasteiger partial charge in [0.2, 0.25) is 5.91 Å². The fourth-order valence-corrected chi connectivity index (χ4v) is 3.32. The predicted octanol–water partition coefficient (Wildman–Crippen LogP) is -0.0197. The Morgan fingerprint density at radius 1 is 1.15 bits per heavy atom. The van der Waals surface area contributed by atoms with Crippen LogP contribution in [0.3, 0.4) is 0 Å². The van der Waals surface area contributed by atoms with Gasteiger partial charge < -0.3 is 15.7 Å². The van der Waals surface area contributed by atoms with Gasteiger partial charge in [-0.2, -0.15) is 0 Å². The van der Waals surface area contributed by atoms with Crippen molar-refractivity contribution in [2.75, 3.05) is 39.3 Å². The molecule has 1 heterocycles. The number of carbonyl (C=O) groups excluding carboxylic acids is 1. The van der Waals surface area contributed by atoms with E-state index < -0.39 is 5.97 Å². The molecule has 2 aliphatic rings. The normalized spacial score (nSPS) is 27.8. The highest BCUT2D eigenvalue weighted by molar-refractivity contribution is 5.79. The number of hydrogen-bond donors (Lipinski definition) is 2. The fraction of sp³-hybridized carbons (Fsp3) is 0.857. The Hall–Kier alpha value is -1.14. The van der Waals surface area contributed by atoms with E-state index in [-0.39, 0.29) is 18.2 Å². The lowest BCUT2D eigenvalue weighted by Gasteiger charge is -2.36. The summed E-state index contributed by atoms with van der Waals surface area (Å²) in [5, 5.41) is 8.68. The number of nitrogens with zero attached hydrogens (tertiary/aromatic N) is 2. The molecule has 2 fully saturated rings. The lowest BCUT2D eigenvalue weighted by Crippen LogP contribution is -2.51. The molecule has 1 saturated carbocycles. The van der Waals surface area contributed by atoms with Gasteiger partial charge in [0, 0.05) is 38.6 Å². The topological polar surface area (TPSA) is 86.9 Å². The van der Waals surface area contributed by atoms with Gasteiger partial charge in [0.1, 0.15) is 0 Å². The Balaban J connectivity index is 1.78. The maximum Gasteiger partial charge on any atom is 0.304 e. The minimum Gasteiger partial charge on any atom is -0.481 e. The van der Waals surface area contributed by atoms with E-state index >= 15 is 0 Å². The molecule has 1 saturated heterocycles. The molecule has 0 aromatic carbocycles. The second-order valence-corrected chi connectivity index (χ2v) is 5.84. The summed E-state index contributed by atoms with van der Waals surface area (Å²) in [7, 11) is 0. The van der Waals surface area contributed by atoms with Crippen LogP contribution in [-0.4, -0.2) is 66.1 Å². The van der Waals surface area contributed by atoms with Crippen molar-refractivity contribution in [1.82, 2.24) is 9.80 Å². The lowest BCUT2D eigenvalue weighted by molar-refractivity contribution is -0.140. The van der Waals surface area contributed by atoms with Crippen molar-refractivity contribution >= 4 is 11.9 Å². The van der Waals surface area contributed by atoms with Crippen LogP contribution in [0, 0.1) is 11.8 Å². The Labute approximate surface area is 119 Å². The van der Waals surface area contributed by atoms with Crippen molar-refractivity contribution in [3.05, 3.63) is 0 Å².